The summed E-state index contributed by atoms with van der Waals surface area (Å²) in [5, 5.41) is 15.1. The number of carbonyl (C=O) groups excluding carboxylic acids is 2. The van der Waals surface area contributed by atoms with Gasteiger partial charge in [-0.05, 0) is 32.1 Å². The molecule has 11 heteroatoms. The van der Waals surface area contributed by atoms with E-state index in [1.165, 1.54) is 22.7 Å². The minimum Gasteiger partial charge on any atom is -0.477 e. The minimum atomic E-state index is -1.18. The molecule has 1 saturated heterocycles. The average Bonchev–Trinajstić information content (AvgIpc) is 2.65. The molecule has 0 aliphatic carbocycles. The first-order valence-electron chi connectivity index (χ1n) is 8.50. The number of aromatic nitrogens is 1. The maximum atomic E-state index is 12.8. The summed E-state index contributed by atoms with van der Waals surface area (Å²) in [6, 6.07) is 3.85. The zero-order valence-corrected chi connectivity index (χ0v) is 16.0. The third kappa shape index (κ3) is 3.65. The second-order valence-electron chi connectivity index (χ2n) is 6.05. The molecule has 148 valence electrons. The van der Waals surface area contributed by atoms with E-state index < -0.39 is 29.2 Å². The number of amides is 2. The number of pyridine rings is 1. The molecule has 1 fully saturated rings. The van der Waals surface area contributed by atoms with E-state index in [0.29, 0.717) is 0 Å². The van der Waals surface area contributed by atoms with E-state index in [0.717, 1.165) is 0 Å². The lowest BCUT2D eigenvalue weighted by atomic mass is 10.0. The SMILES string of the molecule is CCO/N=C(/C(=O)NC1C(=O)N2C(C(=O)O)=CC(C)S[C@H]12)c1cccc(N)n1. The van der Waals surface area contributed by atoms with Crippen molar-refractivity contribution in [3.8, 4) is 0 Å². The number of hydrogen-bond acceptors (Lipinski definition) is 8. The van der Waals surface area contributed by atoms with E-state index in [1.807, 2.05) is 6.92 Å². The van der Waals surface area contributed by atoms with E-state index in [4.69, 9.17) is 10.6 Å². The molecule has 1 aromatic heterocycles. The number of nitrogens with one attached hydrogen (secondary N) is 1. The summed E-state index contributed by atoms with van der Waals surface area (Å²) in [5.41, 5.74) is 5.67. The lowest BCUT2D eigenvalue weighted by Gasteiger charge is -2.49. The molecular formula is C17H19N5O5S. The fourth-order valence-electron chi connectivity index (χ4n) is 2.86. The van der Waals surface area contributed by atoms with Crippen LogP contribution in [0.5, 0.6) is 0 Å². The van der Waals surface area contributed by atoms with Gasteiger partial charge in [-0.1, -0.05) is 11.2 Å². The highest BCUT2D eigenvalue weighted by atomic mass is 32.2. The number of fused-ring (bicyclic) bond motifs is 1. The second kappa shape index (κ2) is 7.89. The molecule has 0 radical (unpaired) electrons. The van der Waals surface area contributed by atoms with Crippen molar-refractivity contribution in [1.82, 2.24) is 15.2 Å². The Labute approximate surface area is 164 Å². The van der Waals surface area contributed by atoms with Crippen molar-refractivity contribution in [2.75, 3.05) is 12.3 Å². The van der Waals surface area contributed by atoms with Gasteiger partial charge in [-0.2, -0.15) is 0 Å². The fourth-order valence-corrected chi connectivity index (χ4v) is 4.18. The van der Waals surface area contributed by atoms with Crippen LogP contribution >= 0.6 is 11.8 Å². The summed E-state index contributed by atoms with van der Waals surface area (Å²) >= 11 is 1.38. The van der Waals surface area contributed by atoms with Crippen LogP contribution in [-0.4, -0.2) is 61.8 Å². The topological polar surface area (TPSA) is 147 Å². The summed E-state index contributed by atoms with van der Waals surface area (Å²) < 4.78 is 0. The second-order valence-corrected chi connectivity index (χ2v) is 7.55. The number of rotatable bonds is 6. The van der Waals surface area contributed by atoms with Gasteiger partial charge in [-0.25, -0.2) is 9.78 Å². The Hall–Kier alpha value is -3.08. The lowest BCUT2D eigenvalue weighted by molar-refractivity contribution is -0.150. The molecule has 4 N–H and O–H groups in total. The highest BCUT2D eigenvalue weighted by Gasteiger charge is 2.54. The number of aliphatic carboxylic acids is 1. The van der Waals surface area contributed by atoms with Crippen LogP contribution in [0.25, 0.3) is 0 Å². The highest BCUT2D eigenvalue weighted by molar-refractivity contribution is 8.00. The summed E-state index contributed by atoms with van der Waals surface area (Å²) in [6.45, 7) is 3.77. The third-order valence-corrected chi connectivity index (χ3v) is 5.40. The van der Waals surface area contributed by atoms with E-state index in [2.05, 4.69) is 15.5 Å². The largest absolute Gasteiger partial charge is 0.477 e. The number of hydrogen-bond donors (Lipinski definition) is 3. The molecule has 3 rings (SSSR count). The van der Waals surface area contributed by atoms with Crippen LogP contribution in [-0.2, 0) is 19.2 Å². The van der Waals surface area contributed by atoms with E-state index in [1.54, 1.807) is 25.1 Å². The molecule has 2 amide bonds. The van der Waals surface area contributed by atoms with Gasteiger partial charge in [-0.15, -0.1) is 11.8 Å². The van der Waals surface area contributed by atoms with Crippen LogP contribution in [0.15, 0.2) is 35.1 Å². The van der Waals surface area contributed by atoms with Crippen LogP contribution in [0.4, 0.5) is 5.82 Å². The molecule has 2 unspecified atom stereocenters. The molecule has 3 atom stereocenters. The highest BCUT2D eigenvalue weighted by Crippen LogP contribution is 2.40. The maximum Gasteiger partial charge on any atom is 0.352 e. The Bertz CT molecular complexity index is 886. The maximum absolute atomic E-state index is 12.8. The van der Waals surface area contributed by atoms with Crippen molar-refractivity contribution in [2.24, 2.45) is 5.16 Å². The first-order chi connectivity index (χ1) is 13.3. The molecule has 2 aliphatic rings. The van der Waals surface area contributed by atoms with Gasteiger partial charge >= 0.3 is 5.97 Å². The Morgan fingerprint density at radius 2 is 2.21 bits per heavy atom. The molecule has 0 bridgehead atoms. The predicted octanol–water partition coefficient (Wildman–Crippen LogP) is 0.161. The fraction of sp³-hybridized carbons (Fsp3) is 0.353. The minimum absolute atomic E-state index is 0.0764. The smallest absolute Gasteiger partial charge is 0.352 e. The zero-order chi connectivity index (χ0) is 20.4. The number of nitrogens with two attached hydrogens (primary N) is 1. The predicted molar refractivity (Wildman–Crippen MR) is 102 cm³/mol. The summed E-state index contributed by atoms with van der Waals surface area (Å²) in [5.74, 6) is -2.14. The number of oxime groups is 1. The van der Waals surface area contributed by atoms with Gasteiger partial charge in [0.05, 0.1) is 0 Å². The van der Waals surface area contributed by atoms with Gasteiger partial charge < -0.3 is 21.0 Å². The first kappa shape index (κ1) is 19.7. The summed E-state index contributed by atoms with van der Waals surface area (Å²) in [6.07, 6.45) is 1.51. The van der Waals surface area contributed by atoms with Gasteiger partial charge in [0.1, 0.15) is 35.2 Å². The quantitative estimate of drug-likeness (QED) is 0.344. The van der Waals surface area contributed by atoms with Crippen molar-refractivity contribution in [2.45, 2.75) is 30.5 Å². The van der Waals surface area contributed by atoms with Gasteiger partial charge in [-0.3, -0.25) is 14.5 Å². The number of carboxylic acids is 1. The number of carbonyl (C=O) groups is 3. The molecular weight excluding hydrogens is 386 g/mol. The number of carboxylic acid groups (broad SMARTS) is 1. The van der Waals surface area contributed by atoms with E-state index in [9.17, 15) is 19.5 Å². The van der Waals surface area contributed by atoms with E-state index >= 15 is 0 Å². The van der Waals surface area contributed by atoms with Crippen molar-refractivity contribution in [3.05, 3.63) is 35.7 Å². The normalized spacial score (nSPS) is 24.0. The molecule has 28 heavy (non-hydrogen) atoms. The molecule has 0 spiro atoms. The average molecular weight is 405 g/mol. The molecule has 1 aromatic rings. The molecule has 2 aliphatic heterocycles. The van der Waals surface area contributed by atoms with Crippen LogP contribution in [0.1, 0.15) is 19.5 Å². The van der Waals surface area contributed by atoms with Crippen LogP contribution in [0, 0.1) is 0 Å². The number of anilines is 1. The van der Waals surface area contributed by atoms with Gasteiger partial charge in [0.2, 0.25) is 0 Å². The van der Waals surface area contributed by atoms with Crippen molar-refractivity contribution in [1.29, 1.82) is 0 Å². The number of β-lactam (4-membered cyclic amide) rings is 1. The summed E-state index contributed by atoms with van der Waals surface area (Å²) in [7, 11) is 0. The van der Waals surface area contributed by atoms with Crippen molar-refractivity contribution in [3.63, 3.8) is 0 Å². The molecule has 0 aromatic carbocycles. The van der Waals surface area contributed by atoms with Crippen molar-refractivity contribution >= 4 is 41.1 Å². The number of nitrogen functional groups attached to an aromatic ring is 1. The van der Waals surface area contributed by atoms with Crippen LogP contribution in [0.3, 0.4) is 0 Å². The Morgan fingerprint density at radius 3 is 2.86 bits per heavy atom. The van der Waals surface area contributed by atoms with Crippen LogP contribution in [0.2, 0.25) is 0 Å². The van der Waals surface area contributed by atoms with E-state index in [-0.39, 0.29) is 34.8 Å². The van der Waals surface area contributed by atoms with Crippen LogP contribution < -0.4 is 11.1 Å². The first-order valence-corrected chi connectivity index (χ1v) is 9.45. The number of thioether (sulfide) groups is 1. The lowest BCUT2D eigenvalue weighted by Crippen LogP contribution is -2.71. The molecule has 3 heterocycles. The Balaban J connectivity index is 1.81. The van der Waals surface area contributed by atoms with Gasteiger partial charge in [0.25, 0.3) is 11.8 Å². The third-order valence-electron chi connectivity index (χ3n) is 4.07. The van der Waals surface area contributed by atoms with Crippen molar-refractivity contribution < 1.29 is 24.3 Å². The standard InChI is InChI=1S/C17H19N5O5S/c1-3-27-21-12(9-5-4-6-11(18)19-9)14(23)20-13-15(24)22-10(17(25)26)7-8(2)28-16(13)22/h4-8,13,16H,3H2,1-2H3,(H2,18,19)(H,20,23)(H,25,26)/b21-12+/t8?,13?,16-/m1/s1. The monoisotopic (exact) mass is 405 g/mol. The molecule has 10 nitrogen and oxygen atoms in total. The molecule has 0 saturated carbocycles. The van der Waals surface area contributed by atoms with Gasteiger partial charge in [0.15, 0.2) is 5.71 Å². The summed E-state index contributed by atoms with van der Waals surface area (Å²) in [4.78, 5) is 46.9. The Kier molecular flexibility index (Phi) is 5.54. The van der Waals surface area contributed by atoms with Gasteiger partial charge in [0, 0.05) is 5.25 Å². The Morgan fingerprint density at radius 1 is 1.46 bits per heavy atom. The zero-order valence-electron chi connectivity index (χ0n) is 15.2. The number of nitrogens with zero attached hydrogens (tertiary/aromatic N) is 3.